The Morgan fingerprint density at radius 1 is 0.875 bits per heavy atom. The zero-order valence-corrected chi connectivity index (χ0v) is 12.6. The Labute approximate surface area is 136 Å². The molecule has 0 radical (unpaired) electrons. The molecule has 4 amide bonds. The minimum Gasteiger partial charge on any atom is -0.480 e. The second-order valence-corrected chi connectivity index (χ2v) is 4.29. The Hall–Kier alpha value is -3.49. The maximum atomic E-state index is 11.2. The Morgan fingerprint density at radius 2 is 1.25 bits per heavy atom. The summed E-state index contributed by atoms with van der Waals surface area (Å²) in [6, 6.07) is 0.445. The van der Waals surface area contributed by atoms with Gasteiger partial charge in [0.2, 0.25) is 11.8 Å². The quantitative estimate of drug-likeness (QED) is 0.319. The smallest absolute Gasteiger partial charge is 0.317 e. The summed E-state index contributed by atoms with van der Waals surface area (Å²) >= 11 is 0. The van der Waals surface area contributed by atoms with Crippen molar-refractivity contribution in [3.05, 3.63) is 0 Å². The molecule has 0 saturated heterocycles. The molecule has 0 atom stereocenters. The largest absolute Gasteiger partial charge is 0.480 e. The molecule has 0 aromatic heterocycles. The average Bonchev–Trinajstić information content (AvgIpc) is 2.36. The molecule has 0 bridgehead atoms. The van der Waals surface area contributed by atoms with Gasteiger partial charge < -0.3 is 27.2 Å². The molecule has 0 unspecified atom stereocenters. The van der Waals surface area contributed by atoms with Crippen LogP contribution in [0.1, 0.15) is 19.3 Å². The molecule has 7 N–H and O–H groups in total. The number of carbonyl (C=O) groups is 6. The summed E-state index contributed by atoms with van der Waals surface area (Å²) in [5.74, 6) is -4.10. The van der Waals surface area contributed by atoms with Gasteiger partial charge in [-0.1, -0.05) is 0 Å². The molecule has 0 aliphatic carbocycles. The lowest BCUT2D eigenvalue weighted by Crippen LogP contribution is -2.43. The van der Waals surface area contributed by atoms with Gasteiger partial charge >= 0.3 is 12.0 Å². The van der Waals surface area contributed by atoms with Gasteiger partial charge in [0.25, 0.3) is 0 Å². The van der Waals surface area contributed by atoms with Crippen LogP contribution in [0.15, 0.2) is 0 Å². The number of nitrogens with zero attached hydrogens (tertiary/aromatic N) is 2. The van der Waals surface area contributed by atoms with Crippen LogP contribution in [0.2, 0.25) is 0 Å². The van der Waals surface area contributed by atoms with Gasteiger partial charge in [-0.25, -0.2) is 4.79 Å². The number of hydrogen-bond donors (Lipinski definition) is 4. The number of urea groups is 1. The number of carbonyl (C=O) groups excluding carboxylic acids is 5. The maximum Gasteiger partial charge on any atom is 0.317 e. The SMILES string of the molecule is N#CCC(=O)O.NC(=O)CC(=O)CN(CC(=O)CC(N)=O)C(N)=O. The van der Waals surface area contributed by atoms with Crippen LogP contribution in [0.5, 0.6) is 0 Å². The monoisotopic (exact) mass is 343 g/mol. The van der Waals surface area contributed by atoms with E-state index in [2.05, 4.69) is 0 Å². The number of primary amides is 3. The number of nitrogens with two attached hydrogens (primary N) is 3. The van der Waals surface area contributed by atoms with Gasteiger partial charge in [0.15, 0.2) is 11.6 Å². The molecule has 24 heavy (non-hydrogen) atoms. The van der Waals surface area contributed by atoms with Crippen molar-refractivity contribution in [2.45, 2.75) is 19.3 Å². The normalized spacial score (nSPS) is 8.79. The molecule has 0 spiro atoms. The summed E-state index contributed by atoms with van der Waals surface area (Å²) in [6.07, 6.45) is -1.53. The number of rotatable bonds is 9. The molecule has 12 nitrogen and oxygen atoms in total. The first-order valence-corrected chi connectivity index (χ1v) is 6.22. The fourth-order valence-electron chi connectivity index (χ4n) is 1.21. The van der Waals surface area contributed by atoms with Crippen LogP contribution < -0.4 is 17.2 Å². The summed E-state index contributed by atoms with van der Waals surface area (Å²) in [7, 11) is 0. The zero-order chi connectivity index (χ0) is 19.3. The molecule has 0 fully saturated rings. The summed E-state index contributed by atoms with van der Waals surface area (Å²) in [5.41, 5.74) is 14.5. The molecule has 0 heterocycles. The van der Waals surface area contributed by atoms with Crippen molar-refractivity contribution in [3.8, 4) is 6.07 Å². The van der Waals surface area contributed by atoms with E-state index in [1.807, 2.05) is 0 Å². The van der Waals surface area contributed by atoms with Crippen molar-refractivity contribution in [1.82, 2.24) is 4.90 Å². The molecule has 12 heteroatoms. The number of amides is 4. The van der Waals surface area contributed by atoms with Gasteiger partial charge in [0.1, 0.15) is 6.42 Å². The number of aliphatic carboxylic acids is 1. The van der Waals surface area contributed by atoms with E-state index < -0.39 is 67.7 Å². The van der Waals surface area contributed by atoms with Crippen LogP contribution in [0.3, 0.4) is 0 Å². The van der Waals surface area contributed by atoms with Gasteiger partial charge in [-0.05, 0) is 0 Å². The third kappa shape index (κ3) is 14.9. The molecule has 0 aromatic rings. The van der Waals surface area contributed by atoms with Crippen molar-refractivity contribution in [1.29, 1.82) is 5.26 Å². The Balaban J connectivity index is 0. The highest BCUT2D eigenvalue weighted by atomic mass is 16.4. The van der Waals surface area contributed by atoms with Gasteiger partial charge in [-0.15, -0.1) is 0 Å². The molecule has 0 aliphatic rings. The predicted octanol–water partition coefficient (Wildman–Crippen LogP) is -2.76. The van der Waals surface area contributed by atoms with E-state index in [0.717, 1.165) is 0 Å². The van der Waals surface area contributed by atoms with Crippen molar-refractivity contribution < 1.29 is 33.9 Å². The Bertz CT molecular complexity index is 537. The van der Waals surface area contributed by atoms with Gasteiger partial charge in [-0.2, -0.15) is 5.26 Å². The van der Waals surface area contributed by atoms with Crippen LogP contribution >= 0.6 is 0 Å². The molecular weight excluding hydrogens is 326 g/mol. The van der Waals surface area contributed by atoms with E-state index in [9.17, 15) is 28.8 Å². The first-order chi connectivity index (χ1) is 11.0. The highest BCUT2D eigenvalue weighted by Crippen LogP contribution is 1.95. The van der Waals surface area contributed by atoms with Gasteiger partial charge in [0, 0.05) is 0 Å². The lowest BCUT2D eigenvalue weighted by molar-refractivity contribution is -0.136. The molecular formula is C12H17N5O7. The molecule has 0 aliphatic heterocycles. The van der Waals surface area contributed by atoms with Crippen molar-refractivity contribution in [3.63, 3.8) is 0 Å². The Kier molecular flexibility index (Phi) is 11.5. The first kappa shape index (κ1) is 22.8. The molecule has 0 rings (SSSR count). The van der Waals surface area contributed by atoms with Crippen LogP contribution in [-0.4, -0.2) is 58.5 Å². The standard InChI is InChI=1S/C9H14N4O5.C3H3NO2/c10-7(16)1-5(14)3-13(9(12)18)4-6(15)2-8(11)17;4-2-1-3(5)6/h1-4H2,(H2,10,16)(H2,11,17)(H2,12,18);1H2,(H,5,6). The number of carboxylic acids is 1. The average molecular weight is 343 g/mol. The third-order valence-corrected chi connectivity index (χ3v) is 2.02. The molecule has 132 valence electrons. The number of nitriles is 1. The number of Topliss-reactive ketones (excluding diaryl/α,β-unsaturated/α-hetero) is 2. The highest BCUT2D eigenvalue weighted by Gasteiger charge is 2.19. The summed E-state index contributed by atoms with van der Waals surface area (Å²) in [5, 5.41) is 15.3. The van der Waals surface area contributed by atoms with Crippen LogP contribution in [0, 0.1) is 11.3 Å². The molecule has 0 saturated carbocycles. The van der Waals surface area contributed by atoms with E-state index >= 15 is 0 Å². The van der Waals surface area contributed by atoms with E-state index in [-0.39, 0.29) is 0 Å². The maximum absolute atomic E-state index is 11.2. The minimum atomic E-state index is -1.07. The van der Waals surface area contributed by atoms with Gasteiger partial charge in [0.05, 0.1) is 32.0 Å². The van der Waals surface area contributed by atoms with E-state index in [0.29, 0.717) is 4.90 Å². The Morgan fingerprint density at radius 3 is 1.42 bits per heavy atom. The fraction of sp³-hybridized carbons (Fsp3) is 0.417. The second kappa shape index (κ2) is 12.1. The van der Waals surface area contributed by atoms with Crippen molar-refractivity contribution in [2.75, 3.05) is 13.1 Å². The zero-order valence-electron chi connectivity index (χ0n) is 12.6. The first-order valence-electron chi connectivity index (χ1n) is 6.22. The fourth-order valence-corrected chi connectivity index (χ4v) is 1.21. The third-order valence-electron chi connectivity index (χ3n) is 2.02. The van der Waals surface area contributed by atoms with E-state index in [1.54, 1.807) is 0 Å². The van der Waals surface area contributed by atoms with E-state index in [4.69, 9.17) is 27.6 Å². The highest BCUT2D eigenvalue weighted by molar-refractivity contribution is 6.01. The second-order valence-electron chi connectivity index (χ2n) is 4.29. The summed E-state index contributed by atoms with van der Waals surface area (Å²) in [4.78, 5) is 64.4. The van der Waals surface area contributed by atoms with Crippen molar-refractivity contribution in [2.24, 2.45) is 17.2 Å². The lowest BCUT2D eigenvalue weighted by atomic mass is 10.2. The topological polar surface area (TPSA) is 228 Å². The number of carboxylic acid groups (broad SMARTS) is 1. The summed E-state index contributed by atoms with van der Waals surface area (Å²) < 4.78 is 0. The minimum absolute atomic E-state index is 0.403. The number of ketones is 2. The van der Waals surface area contributed by atoms with Gasteiger partial charge in [-0.3, -0.25) is 24.0 Å². The van der Waals surface area contributed by atoms with Crippen LogP contribution in [0.4, 0.5) is 4.79 Å². The lowest BCUT2D eigenvalue weighted by Gasteiger charge is -2.17. The van der Waals surface area contributed by atoms with Crippen LogP contribution in [-0.2, 0) is 24.0 Å². The van der Waals surface area contributed by atoms with Crippen LogP contribution in [0.25, 0.3) is 0 Å². The predicted molar refractivity (Wildman–Crippen MR) is 76.7 cm³/mol. The van der Waals surface area contributed by atoms with Crippen molar-refractivity contribution >= 4 is 35.4 Å². The molecule has 0 aromatic carbocycles. The number of hydrogen-bond acceptors (Lipinski definition) is 7. The van der Waals surface area contributed by atoms with E-state index in [1.165, 1.54) is 6.07 Å². The summed E-state index contributed by atoms with van der Waals surface area (Å²) in [6.45, 7) is -1.05.